The second kappa shape index (κ2) is 5.62. The zero-order chi connectivity index (χ0) is 16.6. The van der Waals surface area contributed by atoms with Crippen molar-refractivity contribution in [3.8, 4) is 0 Å². The molecule has 0 atom stereocenters. The summed E-state index contributed by atoms with van der Waals surface area (Å²) in [4.78, 5) is 11.5. The molecule has 0 unspecified atom stereocenters. The predicted octanol–water partition coefficient (Wildman–Crippen LogP) is 1.37. The Balaban J connectivity index is 2.14. The van der Waals surface area contributed by atoms with Crippen LogP contribution in [0, 0.1) is 0 Å². The number of benzene rings is 2. The average Bonchev–Trinajstić information content (AvgIpc) is 2.99. The molecular weight excluding hydrogens is 318 g/mol. The first-order valence-corrected chi connectivity index (χ1v) is 8.17. The monoisotopic (exact) mass is 331 g/mol. The maximum atomic E-state index is 12.8. The number of rotatable bonds is 4. The highest BCUT2D eigenvalue weighted by molar-refractivity contribution is 7.90. The summed E-state index contributed by atoms with van der Waals surface area (Å²) in [7, 11) is -3.90. The fourth-order valence-corrected chi connectivity index (χ4v) is 3.74. The van der Waals surface area contributed by atoms with Crippen molar-refractivity contribution in [3.05, 3.63) is 66.4 Å². The van der Waals surface area contributed by atoms with E-state index in [2.05, 4.69) is 0 Å². The summed E-state index contributed by atoms with van der Waals surface area (Å²) in [5, 5.41) is 18.7. The number of para-hydroxylation sites is 1. The van der Waals surface area contributed by atoms with Crippen molar-refractivity contribution < 1.29 is 23.4 Å². The summed E-state index contributed by atoms with van der Waals surface area (Å²) in [5.41, 5.74) is 0.434. The number of ketones is 1. The molecule has 0 bridgehead atoms. The molecule has 3 rings (SSSR count). The minimum absolute atomic E-state index is 0.0856. The third-order valence-electron chi connectivity index (χ3n) is 3.47. The Bertz CT molecular complexity index is 988. The highest BCUT2D eigenvalue weighted by atomic mass is 32.2. The minimum Gasteiger partial charge on any atom is -0.362 e. The van der Waals surface area contributed by atoms with Gasteiger partial charge in [-0.25, -0.2) is 12.4 Å². The molecule has 118 valence electrons. The van der Waals surface area contributed by atoms with Crippen LogP contribution in [0.1, 0.15) is 10.4 Å². The highest BCUT2D eigenvalue weighted by Gasteiger charge is 2.21. The van der Waals surface area contributed by atoms with Crippen LogP contribution >= 0.6 is 0 Å². The number of carbonyl (C=O) groups excluding carboxylic acids is 1. The molecule has 0 aliphatic carbocycles. The van der Waals surface area contributed by atoms with Crippen LogP contribution in [-0.2, 0) is 10.0 Å². The first-order chi connectivity index (χ1) is 10.9. The van der Waals surface area contributed by atoms with Gasteiger partial charge in [0.15, 0.2) is 0 Å². The fourth-order valence-electron chi connectivity index (χ4n) is 2.34. The normalized spacial score (nSPS) is 12.0. The first-order valence-electron chi connectivity index (χ1n) is 6.73. The zero-order valence-electron chi connectivity index (χ0n) is 11.8. The number of carbonyl (C=O) groups is 1. The highest BCUT2D eigenvalue weighted by Crippen LogP contribution is 2.22. The topological polar surface area (TPSA) is 96.6 Å². The van der Waals surface area contributed by atoms with E-state index in [1.54, 1.807) is 30.3 Å². The van der Waals surface area contributed by atoms with E-state index in [4.69, 9.17) is 10.2 Å². The van der Waals surface area contributed by atoms with Crippen LogP contribution in [-0.4, -0.2) is 34.7 Å². The molecule has 0 amide bonds. The van der Waals surface area contributed by atoms with Crippen molar-refractivity contribution >= 4 is 26.7 Å². The molecule has 0 aliphatic heterocycles. The minimum atomic E-state index is -3.90. The lowest BCUT2D eigenvalue weighted by atomic mass is 10.1. The molecule has 3 aromatic rings. The van der Waals surface area contributed by atoms with E-state index in [0.29, 0.717) is 5.52 Å². The number of aliphatic hydroxyl groups is 2. The van der Waals surface area contributed by atoms with Crippen LogP contribution in [0.4, 0.5) is 0 Å². The third kappa shape index (κ3) is 2.65. The van der Waals surface area contributed by atoms with Gasteiger partial charge in [0, 0.05) is 17.1 Å². The number of fused-ring (bicyclic) bond motifs is 1. The van der Waals surface area contributed by atoms with Crippen LogP contribution in [0.5, 0.6) is 0 Å². The number of Topliss-reactive ketones (excluding diaryl/α,β-unsaturated/α-hetero) is 1. The van der Waals surface area contributed by atoms with Gasteiger partial charge in [-0.3, -0.25) is 4.79 Å². The SMILES string of the molecule is O=C(c1cccc(S(=O)(=O)n2ccc3ccccc32)c1)C(O)O. The lowest BCUT2D eigenvalue weighted by molar-refractivity contribution is -0.0195. The van der Waals surface area contributed by atoms with Crippen LogP contribution < -0.4 is 0 Å². The van der Waals surface area contributed by atoms with E-state index in [0.717, 1.165) is 15.4 Å². The number of hydrogen-bond donors (Lipinski definition) is 2. The second-order valence-corrected chi connectivity index (χ2v) is 6.76. The summed E-state index contributed by atoms with van der Waals surface area (Å²) in [6.45, 7) is 0. The van der Waals surface area contributed by atoms with Gasteiger partial charge in [0.1, 0.15) is 0 Å². The van der Waals surface area contributed by atoms with Crippen LogP contribution in [0.25, 0.3) is 10.9 Å². The third-order valence-corrected chi connectivity index (χ3v) is 5.16. The van der Waals surface area contributed by atoms with E-state index in [1.807, 2.05) is 0 Å². The van der Waals surface area contributed by atoms with Crippen molar-refractivity contribution in [2.45, 2.75) is 11.2 Å². The molecule has 2 aromatic carbocycles. The van der Waals surface area contributed by atoms with Crippen molar-refractivity contribution in [2.75, 3.05) is 0 Å². The Kier molecular flexibility index (Phi) is 3.77. The van der Waals surface area contributed by atoms with E-state index in [9.17, 15) is 13.2 Å². The van der Waals surface area contributed by atoms with Gasteiger partial charge in [0.05, 0.1) is 10.4 Å². The molecule has 7 heteroatoms. The van der Waals surface area contributed by atoms with Gasteiger partial charge in [-0.1, -0.05) is 30.3 Å². The molecule has 0 aliphatic rings. The maximum absolute atomic E-state index is 12.8. The molecule has 2 N–H and O–H groups in total. The summed E-state index contributed by atoms with van der Waals surface area (Å²) < 4.78 is 26.7. The molecule has 1 heterocycles. The summed E-state index contributed by atoms with van der Waals surface area (Å²) in [5.74, 6) is -0.959. The largest absolute Gasteiger partial charge is 0.362 e. The van der Waals surface area contributed by atoms with Gasteiger partial charge >= 0.3 is 0 Å². The smallest absolute Gasteiger partial charge is 0.268 e. The van der Waals surface area contributed by atoms with E-state index >= 15 is 0 Å². The lowest BCUT2D eigenvalue weighted by Crippen LogP contribution is -2.20. The van der Waals surface area contributed by atoms with Gasteiger partial charge in [-0.2, -0.15) is 0 Å². The molecule has 0 spiro atoms. The molecule has 0 saturated carbocycles. The molecular formula is C16H13NO5S. The van der Waals surface area contributed by atoms with Gasteiger partial charge in [-0.15, -0.1) is 0 Å². The predicted molar refractivity (Wildman–Crippen MR) is 83.5 cm³/mol. The van der Waals surface area contributed by atoms with Gasteiger partial charge in [0.25, 0.3) is 10.0 Å². The molecule has 6 nitrogen and oxygen atoms in total. The second-order valence-electron chi connectivity index (χ2n) is 4.94. The summed E-state index contributed by atoms with van der Waals surface area (Å²) in [6, 6.07) is 13.9. The Morgan fingerprint density at radius 2 is 1.74 bits per heavy atom. The van der Waals surface area contributed by atoms with Crippen LogP contribution in [0.15, 0.2) is 65.7 Å². The fraction of sp³-hybridized carbons (Fsp3) is 0.0625. The van der Waals surface area contributed by atoms with Crippen molar-refractivity contribution in [2.24, 2.45) is 0 Å². The van der Waals surface area contributed by atoms with E-state index in [-0.39, 0.29) is 10.5 Å². The number of aromatic nitrogens is 1. The zero-order valence-corrected chi connectivity index (χ0v) is 12.6. The van der Waals surface area contributed by atoms with Crippen molar-refractivity contribution in [3.63, 3.8) is 0 Å². The molecule has 0 fully saturated rings. The van der Waals surface area contributed by atoms with Gasteiger partial charge in [-0.05, 0) is 24.3 Å². The molecule has 0 radical (unpaired) electrons. The van der Waals surface area contributed by atoms with E-state index < -0.39 is 22.1 Å². The average molecular weight is 331 g/mol. The number of nitrogens with zero attached hydrogens (tertiary/aromatic N) is 1. The number of hydrogen-bond acceptors (Lipinski definition) is 5. The van der Waals surface area contributed by atoms with Gasteiger partial charge in [0.2, 0.25) is 12.1 Å². The Morgan fingerprint density at radius 3 is 2.48 bits per heavy atom. The molecule has 23 heavy (non-hydrogen) atoms. The van der Waals surface area contributed by atoms with Gasteiger partial charge < -0.3 is 10.2 Å². The maximum Gasteiger partial charge on any atom is 0.268 e. The number of aliphatic hydroxyl groups excluding tert-OH is 1. The standard InChI is InChI=1S/C16H13NO5S/c18-15(16(19)20)12-5-3-6-13(10-12)23(21,22)17-9-8-11-4-1-2-7-14(11)17/h1-10,16,19-20H. The first kappa shape index (κ1) is 15.4. The summed E-state index contributed by atoms with van der Waals surface area (Å²) >= 11 is 0. The van der Waals surface area contributed by atoms with Crippen molar-refractivity contribution in [1.82, 2.24) is 3.97 Å². The summed E-state index contributed by atoms with van der Waals surface area (Å²) in [6.07, 6.45) is -0.740. The quantitative estimate of drug-likeness (QED) is 0.556. The molecule has 1 aromatic heterocycles. The Hall–Kier alpha value is -2.48. The lowest BCUT2D eigenvalue weighted by Gasteiger charge is -2.09. The Morgan fingerprint density at radius 1 is 1.00 bits per heavy atom. The van der Waals surface area contributed by atoms with E-state index in [1.165, 1.54) is 24.4 Å². The molecule has 0 saturated heterocycles. The Labute approximate surface area is 132 Å². The van der Waals surface area contributed by atoms with Crippen LogP contribution in [0.2, 0.25) is 0 Å². The van der Waals surface area contributed by atoms with Crippen LogP contribution in [0.3, 0.4) is 0 Å². The van der Waals surface area contributed by atoms with Crippen molar-refractivity contribution in [1.29, 1.82) is 0 Å².